The fourth-order valence-electron chi connectivity index (χ4n) is 2.82. The average molecular weight is 308 g/mol. The summed E-state index contributed by atoms with van der Waals surface area (Å²) < 4.78 is 1.09. The van der Waals surface area contributed by atoms with E-state index in [1.807, 2.05) is 12.1 Å². The Labute approximate surface area is 128 Å². The van der Waals surface area contributed by atoms with Crippen LogP contribution in [0, 0.1) is 6.92 Å². The fourth-order valence-corrected chi connectivity index (χ4v) is 4.33. The van der Waals surface area contributed by atoms with Crippen LogP contribution in [-0.2, 0) is 0 Å². The van der Waals surface area contributed by atoms with Gasteiger partial charge in [0.25, 0.3) is 5.91 Å². The van der Waals surface area contributed by atoms with Crippen LogP contribution in [0.25, 0.3) is 10.1 Å². The molecule has 2 aromatic rings. The molecule has 0 aliphatic heterocycles. The zero-order valence-electron chi connectivity index (χ0n) is 11.5. The molecule has 0 bridgehead atoms. The number of hydrogen-bond acceptors (Lipinski definition) is 2. The summed E-state index contributed by atoms with van der Waals surface area (Å²) in [5, 5.41) is 4.72. The second kappa shape index (κ2) is 5.74. The van der Waals surface area contributed by atoms with E-state index in [4.69, 9.17) is 11.6 Å². The Morgan fingerprint density at radius 1 is 1.30 bits per heavy atom. The molecule has 20 heavy (non-hydrogen) atoms. The predicted octanol–water partition coefficient (Wildman–Crippen LogP) is 4.93. The zero-order valence-corrected chi connectivity index (χ0v) is 13.1. The molecule has 1 N–H and O–H groups in total. The molecule has 1 fully saturated rings. The lowest BCUT2D eigenvalue weighted by Crippen LogP contribution is -2.35. The van der Waals surface area contributed by atoms with Gasteiger partial charge >= 0.3 is 0 Å². The minimum atomic E-state index is -0.0132. The van der Waals surface area contributed by atoms with Crippen LogP contribution in [0.5, 0.6) is 0 Å². The molecular formula is C16H18ClNOS. The summed E-state index contributed by atoms with van der Waals surface area (Å²) in [4.78, 5) is 13.1. The standard InChI is InChI=1S/C16H18ClNOS/c1-10-7-8-12-13(9-10)20-15(14(12)17)16(19)18-11-5-3-2-4-6-11/h7-9,11H,2-6H2,1H3,(H,18,19). The first-order valence-electron chi connectivity index (χ1n) is 7.14. The molecule has 2 nitrogen and oxygen atoms in total. The highest BCUT2D eigenvalue weighted by Crippen LogP contribution is 2.36. The first kappa shape index (κ1) is 13.9. The van der Waals surface area contributed by atoms with Crippen molar-refractivity contribution in [3.63, 3.8) is 0 Å². The fraction of sp³-hybridized carbons (Fsp3) is 0.438. The maximum absolute atomic E-state index is 12.4. The zero-order chi connectivity index (χ0) is 14.1. The molecule has 3 rings (SSSR count). The Hall–Kier alpha value is -1.06. The summed E-state index contributed by atoms with van der Waals surface area (Å²) >= 11 is 7.86. The number of fused-ring (bicyclic) bond motifs is 1. The predicted molar refractivity (Wildman–Crippen MR) is 85.9 cm³/mol. The Bertz CT molecular complexity index is 643. The molecule has 0 atom stereocenters. The van der Waals surface area contributed by atoms with Gasteiger partial charge in [0.2, 0.25) is 0 Å². The van der Waals surface area contributed by atoms with Gasteiger partial charge in [0.15, 0.2) is 0 Å². The van der Waals surface area contributed by atoms with Crippen LogP contribution in [0.3, 0.4) is 0 Å². The van der Waals surface area contributed by atoms with Crippen molar-refractivity contribution in [1.82, 2.24) is 5.32 Å². The van der Waals surface area contributed by atoms with E-state index in [0.29, 0.717) is 15.9 Å². The Morgan fingerprint density at radius 2 is 2.05 bits per heavy atom. The summed E-state index contributed by atoms with van der Waals surface area (Å²) in [5.74, 6) is -0.0132. The van der Waals surface area contributed by atoms with Gasteiger partial charge < -0.3 is 5.32 Å². The van der Waals surface area contributed by atoms with Crippen LogP contribution >= 0.6 is 22.9 Å². The van der Waals surface area contributed by atoms with E-state index in [0.717, 1.165) is 22.9 Å². The molecule has 1 heterocycles. The minimum Gasteiger partial charge on any atom is -0.349 e. The number of carbonyl (C=O) groups is 1. The third kappa shape index (κ3) is 2.70. The van der Waals surface area contributed by atoms with Crippen LogP contribution < -0.4 is 5.32 Å². The van der Waals surface area contributed by atoms with Crippen LogP contribution in [0.1, 0.15) is 47.3 Å². The number of hydrogen-bond donors (Lipinski definition) is 1. The Balaban J connectivity index is 1.85. The van der Waals surface area contributed by atoms with E-state index in [-0.39, 0.29) is 5.91 Å². The van der Waals surface area contributed by atoms with Crippen molar-refractivity contribution in [3.8, 4) is 0 Å². The van der Waals surface area contributed by atoms with Gasteiger partial charge in [-0.15, -0.1) is 11.3 Å². The Morgan fingerprint density at radius 3 is 2.80 bits per heavy atom. The molecule has 1 aromatic heterocycles. The highest BCUT2D eigenvalue weighted by atomic mass is 35.5. The van der Waals surface area contributed by atoms with Gasteiger partial charge in [-0.3, -0.25) is 4.79 Å². The van der Waals surface area contributed by atoms with Gasteiger partial charge in [-0.05, 0) is 31.4 Å². The van der Waals surface area contributed by atoms with E-state index < -0.39 is 0 Å². The minimum absolute atomic E-state index is 0.0132. The number of amides is 1. The third-order valence-electron chi connectivity index (χ3n) is 3.93. The molecule has 106 valence electrons. The lowest BCUT2D eigenvalue weighted by Gasteiger charge is -2.22. The lowest BCUT2D eigenvalue weighted by atomic mass is 9.95. The lowest BCUT2D eigenvalue weighted by molar-refractivity contribution is 0.0932. The van der Waals surface area contributed by atoms with Gasteiger partial charge in [0.1, 0.15) is 4.88 Å². The number of rotatable bonds is 2. The van der Waals surface area contributed by atoms with Crippen LogP contribution in [0.4, 0.5) is 0 Å². The van der Waals surface area contributed by atoms with Crippen LogP contribution in [0.2, 0.25) is 5.02 Å². The second-order valence-electron chi connectivity index (χ2n) is 5.55. The summed E-state index contributed by atoms with van der Waals surface area (Å²) in [7, 11) is 0. The normalized spacial score (nSPS) is 16.5. The van der Waals surface area contributed by atoms with Gasteiger partial charge in [-0.2, -0.15) is 0 Å². The molecule has 1 saturated carbocycles. The van der Waals surface area contributed by atoms with Gasteiger partial charge in [0.05, 0.1) is 5.02 Å². The van der Waals surface area contributed by atoms with Crippen molar-refractivity contribution in [1.29, 1.82) is 0 Å². The molecule has 1 amide bonds. The van der Waals surface area contributed by atoms with E-state index in [1.54, 1.807) is 0 Å². The van der Waals surface area contributed by atoms with Crippen molar-refractivity contribution in [2.24, 2.45) is 0 Å². The van der Waals surface area contributed by atoms with E-state index in [2.05, 4.69) is 18.3 Å². The number of carbonyl (C=O) groups excluding carboxylic acids is 1. The first-order valence-corrected chi connectivity index (χ1v) is 8.34. The molecule has 4 heteroatoms. The summed E-state index contributed by atoms with van der Waals surface area (Å²) in [6, 6.07) is 6.44. The molecule has 1 aromatic carbocycles. The van der Waals surface area contributed by atoms with Crippen molar-refractivity contribution in [2.75, 3.05) is 0 Å². The molecule has 0 radical (unpaired) electrons. The number of benzene rings is 1. The second-order valence-corrected chi connectivity index (χ2v) is 6.98. The van der Waals surface area contributed by atoms with Crippen molar-refractivity contribution in [2.45, 2.75) is 45.1 Å². The largest absolute Gasteiger partial charge is 0.349 e. The SMILES string of the molecule is Cc1ccc2c(Cl)c(C(=O)NC3CCCCC3)sc2c1. The van der Waals surface area contributed by atoms with E-state index in [9.17, 15) is 4.79 Å². The molecule has 1 aliphatic carbocycles. The van der Waals surface area contributed by atoms with Gasteiger partial charge in [-0.25, -0.2) is 0 Å². The smallest absolute Gasteiger partial charge is 0.263 e. The summed E-state index contributed by atoms with van der Waals surface area (Å²) in [6.45, 7) is 2.05. The summed E-state index contributed by atoms with van der Waals surface area (Å²) in [5.41, 5.74) is 1.19. The van der Waals surface area contributed by atoms with Crippen molar-refractivity contribution >= 4 is 38.9 Å². The van der Waals surface area contributed by atoms with E-state index in [1.165, 1.54) is 36.2 Å². The highest BCUT2D eigenvalue weighted by Gasteiger charge is 2.21. The number of nitrogens with one attached hydrogen (secondary N) is 1. The first-order chi connectivity index (χ1) is 9.65. The maximum Gasteiger partial charge on any atom is 0.263 e. The molecule has 0 spiro atoms. The molecule has 1 aliphatic rings. The highest BCUT2D eigenvalue weighted by molar-refractivity contribution is 7.21. The summed E-state index contributed by atoms with van der Waals surface area (Å²) in [6.07, 6.45) is 5.89. The number of halogens is 1. The van der Waals surface area contributed by atoms with Crippen molar-refractivity contribution < 1.29 is 4.79 Å². The number of thiophene rings is 1. The quantitative estimate of drug-likeness (QED) is 0.837. The Kier molecular flexibility index (Phi) is 3.99. The third-order valence-corrected chi connectivity index (χ3v) is 5.59. The van der Waals surface area contributed by atoms with Gasteiger partial charge in [-0.1, -0.05) is 43.0 Å². The average Bonchev–Trinajstić information content (AvgIpc) is 2.76. The molecule has 0 saturated heterocycles. The van der Waals surface area contributed by atoms with Gasteiger partial charge in [0, 0.05) is 16.1 Å². The molecule has 0 unspecified atom stereocenters. The van der Waals surface area contributed by atoms with E-state index >= 15 is 0 Å². The maximum atomic E-state index is 12.4. The molecular weight excluding hydrogens is 290 g/mol. The van der Waals surface area contributed by atoms with Crippen LogP contribution in [0.15, 0.2) is 18.2 Å². The van der Waals surface area contributed by atoms with Crippen LogP contribution in [-0.4, -0.2) is 11.9 Å². The number of aryl methyl sites for hydroxylation is 1. The monoisotopic (exact) mass is 307 g/mol. The topological polar surface area (TPSA) is 29.1 Å². The van der Waals surface area contributed by atoms with Crippen molar-refractivity contribution in [3.05, 3.63) is 33.7 Å².